The van der Waals surface area contributed by atoms with Gasteiger partial charge in [-0.3, -0.25) is 0 Å². The van der Waals surface area contributed by atoms with Crippen LogP contribution in [0.3, 0.4) is 0 Å². The van der Waals surface area contributed by atoms with Crippen LogP contribution in [0.25, 0.3) is 0 Å². The molecule has 0 aliphatic heterocycles. The normalized spacial score (nSPS) is 19.4. The highest BCUT2D eigenvalue weighted by Gasteiger charge is 2.22. The molecule has 1 nitrogen and oxygen atoms in total. The van der Waals surface area contributed by atoms with E-state index in [0.29, 0.717) is 17.7 Å². The zero-order valence-corrected chi connectivity index (χ0v) is 11.6. The minimum Gasteiger partial charge on any atom is -0.329 e. The second-order valence-electron chi connectivity index (χ2n) is 5.10. The van der Waals surface area contributed by atoms with Crippen molar-refractivity contribution in [1.29, 1.82) is 0 Å². The minimum atomic E-state index is -0.156. The van der Waals surface area contributed by atoms with E-state index >= 15 is 0 Å². The van der Waals surface area contributed by atoms with Crippen molar-refractivity contribution in [2.45, 2.75) is 48.7 Å². The number of benzene rings is 1. The van der Waals surface area contributed by atoms with Crippen molar-refractivity contribution in [2.24, 2.45) is 11.7 Å². The van der Waals surface area contributed by atoms with Crippen LogP contribution in [0.1, 0.15) is 38.5 Å². The van der Waals surface area contributed by atoms with Gasteiger partial charge in [-0.2, -0.15) is 0 Å². The molecule has 0 saturated heterocycles. The van der Waals surface area contributed by atoms with Gasteiger partial charge < -0.3 is 5.73 Å². The van der Waals surface area contributed by atoms with E-state index in [0.717, 1.165) is 4.90 Å². The summed E-state index contributed by atoms with van der Waals surface area (Å²) < 4.78 is 13.2. The van der Waals surface area contributed by atoms with Crippen molar-refractivity contribution in [1.82, 2.24) is 0 Å². The summed E-state index contributed by atoms with van der Waals surface area (Å²) >= 11 is 1.75. The summed E-state index contributed by atoms with van der Waals surface area (Å²) in [5, 5.41) is 0.435. The van der Waals surface area contributed by atoms with Crippen molar-refractivity contribution < 1.29 is 4.39 Å². The van der Waals surface area contributed by atoms with Gasteiger partial charge in [0.2, 0.25) is 0 Å². The van der Waals surface area contributed by atoms with Crippen LogP contribution in [-0.4, -0.2) is 11.8 Å². The number of thioether (sulfide) groups is 1. The van der Waals surface area contributed by atoms with E-state index in [4.69, 9.17) is 5.73 Å². The summed E-state index contributed by atoms with van der Waals surface area (Å²) in [6.07, 6.45) is 7.93. The third kappa shape index (κ3) is 3.99. The fraction of sp³-hybridized carbons (Fsp3) is 0.600. The Morgan fingerprint density at radius 3 is 2.56 bits per heavy atom. The topological polar surface area (TPSA) is 26.0 Å². The standard InChI is InChI=1S/C15H22FNS/c16-13-8-5-9-14(10-13)18-15(11-17)12-6-3-1-2-4-7-12/h5,8-10,12,15H,1-4,6-7,11,17H2. The van der Waals surface area contributed by atoms with Crippen molar-refractivity contribution in [2.75, 3.05) is 6.54 Å². The van der Waals surface area contributed by atoms with E-state index in [1.807, 2.05) is 6.07 Å². The molecule has 1 atom stereocenters. The lowest BCUT2D eigenvalue weighted by Gasteiger charge is -2.24. The molecule has 0 bridgehead atoms. The van der Waals surface area contributed by atoms with E-state index < -0.39 is 0 Å². The lowest BCUT2D eigenvalue weighted by molar-refractivity contribution is 0.445. The first-order valence-corrected chi connectivity index (χ1v) is 7.80. The molecule has 0 radical (unpaired) electrons. The maximum atomic E-state index is 13.2. The second kappa shape index (κ2) is 7.15. The molecular weight excluding hydrogens is 245 g/mol. The smallest absolute Gasteiger partial charge is 0.124 e. The third-order valence-corrected chi connectivity index (χ3v) is 5.15. The maximum absolute atomic E-state index is 13.2. The van der Waals surface area contributed by atoms with Crippen LogP contribution in [0, 0.1) is 11.7 Å². The average Bonchev–Trinajstić information content (AvgIpc) is 2.65. The van der Waals surface area contributed by atoms with E-state index in [9.17, 15) is 4.39 Å². The van der Waals surface area contributed by atoms with Gasteiger partial charge in [0, 0.05) is 16.7 Å². The SMILES string of the molecule is NCC(Sc1cccc(F)c1)C1CCCCCC1. The lowest BCUT2D eigenvalue weighted by Crippen LogP contribution is -2.26. The Kier molecular flexibility index (Phi) is 5.51. The number of nitrogens with two attached hydrogens (primary N) is 1. The lowest BCUT2D eigenvalue weighted by atomic mass is 9.96. The van der Waals surface area contributed by atoms with E-state index in [-0.39, 0.29) is 5.82 Å². The fourth-order valence-corrected chi connectivity index (χ4v) is 3.98. The van der Waals surface area contributed by atoms with Gasteiger partial charge in [0.1, 0.15) is 5.82 Å². The summed E-state index contributed by atoms with van der Waals surface area (Å²) in [5.74, 6) is 0.544. The molecule has 0 aromatic heterocycles. The highest BCUT2D eigenvalue weighted by molar-refractivity contribution is 8.00. The summed E-state index contributed by atoms with van der Waals surface area (Å²) in [7, 11) is 0. The molecule has 1 saturated carbocycles. The quantitative estimate of drug-likeness (QED) is 0.653. The second-order valence-corrected chi connectivity index (χ2v) is 6.41. The van der Waals surface area contributed by atoms with Crippen LogP contribution >= 0.6 is 11.8 Å². The minimum absolute atomic E-state index is 0.156. The van der Waals surface area contributed by atoms with E-state index in [1.165, 1.54) is 44.6 Å². The highest BCUT2D eigenvalue weighted by atomic mass is 32.2. The van der Waals surface area contributed by atoms with Crippen molar-refractivity contribution >= 4 is 11.8 Å². The number of hydrogen-bond donors (Lipinski definition) is 1. The molecule has 0 heterocycles. The van der Waals surface area contributed by atoms with Crippen molar-refractivity contribution in [3.8, 4) is 0 Å². The molecule has 2 rings (SSSR count). The molecule has 1 aromatic carbocycles. The van der Waals surface area contributed by atoms with Crippen molar-refractivity contribution in [3.63, 3.8) is 0 Å². The molecule has 3 heteroatoms. The zero-order chi connectivity index (χ0) is 12.8. The first-order chi connectivity index (χ1) is 8.79. The molecule has 1 fully saturated rings. The fourth-order valence-electron chi connectivity index (χ4n) is 2.73. The Labute approximate surface area is 113 Å². The summed E-state index contributed by atoms with van der Waals surface area (Å²) in [6.45, 7) is 0.686. The Bertz CT molecular complexity index is 361. The third-order valence-electron chi connectivity index (χ3n) is 3.74. The van der Waals surface area contributed by atoms with Gasteiger partial charge in [0.15, 0.2) is 0 Å². The van der Waals surface area contributed by atoms with Crippen LogP contribution in [0.15, 0.2) is 29.2 Å². The summed E-state index contributed by atoms with van der Waals surface area (Å²) in [5.41, 5.74) is 5.93. The van der Waals surface area contributed by atoms with Crippen LogP contribution in [0.2, 0.25) is 0 Å². The molecule has 0 spiro atoms. The van der Waals surface area contributed by atoms with Crippen LogP contribution in [0.5, 0.6) is 0 Å². The maximum Gasteiger partial charge on any atom is 0.124 e. The summed E-state index contributed by atoms with van der Waals surface area (Å²) in [4.78, 5) is 1.01. The van der Waals surface area contributed by atoms with Gasteiger partial charge in [-0.25, -0.2) is 4.39 Å². The first-order valence-electron chi connectivity index (χ1n) is 6.92. The number of rotatable bonds is 4. The first kappa shape index (κ1) is 13.9. The van der Waals surface area contributed by atoms with Gasteiger partial charge in [-0.05, 0) is 37.0 Å². The molecule has 1 aromatic rings. The van der Waals surface area contributed by atoms with Crippen molar-refractivity contribution in [3.05, 3.63) is 30.1 Å². The van der Waals surface area contributed by atoms with Gasteiger partial charge in [-0.1, -0.05) is 31.7 Å². The predicted molar refractivity (Wildman–Crippen MR) is 76.3 cm³/mol. The number of halogens is 1. The molecule has 2 N–H and O–H groups in total. The molecule has 1 aliphatic carbocycles. The molecule has 0 amide bonds. The molecule has 100 valence electrons. The molecular formula is C15H22FNS. The largest absolute Gasteiger partial charge is 0.329 e. The Morgan fingerprint density at radius 2 is 1.94 bits per heavy atom. The van der Waals surface area contributed by atoms with Crippen LogP contribution in [0.4, 0.5) is 4.39 Å². The van der Waals surface area contributed by atoms with Gasteiger partial charge in [-0.15, -0.1) is 11.8 Å². The Balaban J connectivity index is 1.99. The zero-order valence-electron chi connectivity index (χ0n) is 10.8. The van der Waals surface area contributed by atoms with Crippen LogP contribution in [-0.2, 0) is 0 Å². The van der Waals surface area contributed by atoms with Crippen LogP contribution < -0.4 is 5.73 Å². The van der Waals surface area contributed by atoms with E-state index in [2.05, 4.69) is 0 Å². The molecule has 1 unspecified atom stereocenters. The Morgan fingerprint density at radius 1 is 1.22 bits per heavy atom. The van der Waals surface area contributed by atoms with Gasteiger partial charge in [0.05, 0.1) is 0 Å². The average molecular weight is 267 g/mol. The monoisotopic (exact) mass is 267 g/mol. The summed E-state index contributed by atoms with van der Waals surface area (Å²) in [6, 6.07) is 6.86. The highest BCUT2D eigenvalue weighted by Crippen LogP contribution is 2.35. The predicted octanol–water partition coefficient (Wildman–Crippen LogP) is 4.22. The van der Waals surface area contributed by atoms with Gasteiger partial charge in [0.25, 0.3) is 0 Å². The Hall–Kier alpha value is -0.540. The van der Waals surface area contributed by atoms with E-state index in [1.54, 1.807) is 23.9 Å². The molecule has 18 heavy (non-hydrogen) atoms. The van der Waals surface area contributed by atoms with Gasteiger partial charge >= 0.3 is 0 Å². The molecule has 1 aliphatic rings. The number of hydrogen-bond acceptors (Lipinski definition) is 2.